The van der Waals surface area contributed by atoms with Gasteiger partial charge in [0, 0.05) is 19.3 Å². The number of nitrogens with zero attached hydrogens (tertiary/aromatic N) is 2. The summed E-state index contributed by atoms with van der Waals surface area (Å²) in [5.74, 6) is 0. The van der Waals surface area contributed by atoms with Crippen LogP contribution in [-0.4, -0.2) is 9.55 Å². The number of aromatic nitrogens is 2. The van der Waals surface area contributed by atoms with Gasteiger partial charge in [-0.05, 0) is 6.42 Å². The summed E-state index contributed by atoms with van der Waals surface area (Å²) in [5, 5.41) is 0. The van der Waals surface area contributed by atoms with Gasteiger partial charge in [-0.15, -0.1) is 0 Å². The van der Waals surface area contributed by atoms with Crippen LogP contribution in [-0.2, 0) is 20.0 Å². The Labute approximate surface area is 60.9 Å². The van der Waals surface area contributed by atoms with Gasteiger partial charge in [0.1, 0.15) is 0 Å². The zero-order chi connectivity index (χ0) is 7.56. The van der Waals surface area contributed by atoms with E-state index in [9.17, 15) is 0 Å². The maximum absolute atomic E-state index is 5.46. The molecule has 0 unspecified atom stereocenters. The lowest BCUT2D eigenvalue weighted by Crippen LogP contribution is -2.02. The molecule has 0 atom stereocenters. The summed E-state index contributed by atoms with van der Waals surface area (Å²) in [6.45, 7) is 2.65. The molecule has 2 N–H and O–H groups in total. The first-order valence-corrected chi connectivity index (χ1v) is 3.48. The largest absolute Gasteiger partial charge is 0.337 e. The highest BCUT2D eigenvalue weighted by atomic mass is 15.0. The monoisotopic (exact) mass is 139 g/mol. The first kappa shape index (κ1) is 7.28. The van der Waals surface area contributed by atoms with Crippen molar-refractivity contribution in [2.45, 2.75) is 19.9 Å². The van der Waals surface area contributed by atoms with Crippen molar-refractivity contribution in [2.75, 3.05) is 0 Å². The van der Waals surface area contributed by atoms with Gasteiger partial charge < -0.3 is 10.3 Å². The van der Waals surface area contributed by atoms with Crippen molar-refractivity contribution in [3.05, 3.63) is 17.7 Å². The van der Waals surface area contributed by atoms with Gasteiger partial charge >= 0.3 is 0 Å². The summed E-state index contributed by atoms with van der Waals surface area (Å²) in [7, 11) is 1.99. The standard InChI is InChI=1S/C7H13N3/c1-3-7-6(4-8)9-5-10(7)2/h5H,3-4,8H2,1-2H3. The van der Waals surface area contributed by atoms with E-state index in [2.05, 4.69) is 11.9 Å². The Kier molecular flexibility index (Phi) is 2.06. The molecule has 1 aromatic rings. The minimum absolute atomic E-state index is 0.546. The lowest BCUT2D eigenvalue weighted by atomic mass is 10.2. The van der Waals surface area contributed by atoms with E-state index >= 15 is 0 Å². The van der Waals surface area contributed by atoms with E-state index in [4.69, 9.17) is 5.73 Å². The topological polar surface area (TPSA) is 43.8 Å². The van der Waals surface area contributed by atoms with Gasteiger partial charge in [-0.1, -0.05) is 6.92 Å². The number of imidazole rings is 1. The number of hydrogen-bond donors (Lipinski definition) is 1. The van der Waals surface area contributed by atoms with Crippen molar-refractivity contribution in [2.24, 2.45) is 12.8 Å². The van der Waals surface area contributed by atoms with Crippen LogP contribution in [0, 0.1) is 0 Å². The number of rotatable bonds is 2. The van der Waals surface area contributed by atoms with Crippen LogP contribution in [0.2, 0.25) is 0 Å². The summed E-state index contributed by atoms with van der Waals surface area (Å²) >= 11 is 0. The first-order valence-electron chi connectivity index (χ1n) is 3.48. The first-order chi connectivity index (χ1) is 4.79. The van der Waals surface area contributed by atoms with Gasteiger partial charge in [-0.3, -0.25) is 0 Å². The Hall–Kier alpha value is -0.830. The average molecular weight is 139 g/mol. The SMILES string of the molecule is CCc1c(CN)ncn1C. The lowest BCUT2D eigenvalue weighted by molar-refractivity contribution is 0.820. The molecule has 1 rings (SSSR count). The summed E-state index contributed by atoms with van der Waals surface area (Å²) < 4.78 is 2.02. The summed E-state index contributed by atoms with van der Waals surface area (Å²) in [6.07, 6.45) is 2.81. The van der Waals surface area contributed by atoms with Crippen LogP contribution in [0.3, 0.4) is 0 Å². The minimum Gasteiger partial charge on any atom is -0.337 e. The predicted molar refractivity (Wildman–Crippen MR) is 40.5 cm³/mol. The van der Waals surface area contributed by atoms with E-state index in [1.165, 1.54) is 5.69 Å². The van der Waals surface area contributed by atoms with Crippen molar-refractivity contribution >= 4 is 0 Å². The minimum atomic E-state index is 0.546. The molecule has 1 aromatic heterocycles. The van der Waals surface area contributed by atoms with Crippen molar-refractivity contribution in [3.8, 4) is 0 Å². The van der Waals surface area contributed by atoms with E-state index in [-0.39, 0.29) is 0 Å². The second-order valence-electron chi connectivity index (χ2n) is 2.31. The highest BCUT2D eigenvalue weighted by Gasteiger charge is 2.02. The summed E-state index contributed by atoms with van der Waals surface area (Å²) in [5.41, 5.74) is 7.72. The van der Waals surface area contributed by atoms with E-state index in [0.717, 1.165) is 12.1 Å². The van der Waals surface area contributed by atoms with Gasteiger partial charge in [0.2, 0.25) is 0 Å². The van der Waals surface area contributed by atoms with Crippen molar-refractivity contribution in [1.29, 1.82) is 0 Å². The second-order valence-corrected chi connectivity index (χ2v) is 2.31. The van der Waals surface area contributed by atoms with E-state index in [1.54, 1.807) is 6.33 Å². The molecular weight excluding hydrogens is 126 g/mol. The van der Waals surface area contributed by atoms with Gasteiger partial charge in [0.25, 0.3) is 0 Å². The number of nitrogens with two attached hydrogens (primary N) is 1. The fourth-order valence-corrected chi connectivity index (χ4v) is 1.13. The zero-order valence-corrected chi connectivity index (χ0v) is 6.46. The van der Waals surface area contributed by atoms with E-state index < -0.39 is 0 Å². The lowest BCUT2D eigenvalue weighted by Gasteiger charge is -1.98. The highest BCUT2D eigenvalue weighted by Crippen LogP contribution is 2.04. The van der Waals surface area contributed by atoms with E-state index in [0.29, 0.717) is 6.54 Å². The van der Waals surface area contributed by atoms with Gasteiger partial charge in [0.15, 0.2) is 0 Å². The predicted octanol–water partition coefficient (Wildman–Crippen LogP) is 0.441. The van der Waals surface area contributed by atoms with Crippen LogP contribution in [0.1, 0.15) is 18.3 Å². The molecule has 56 valence electrons. The quantitative estimate of drug-likeness (QED) is 0.646. The molecule has 0 amide bonds. The number of aryl methyl sites for hydroxylation is 1. The summed E-state index contributed by atoms with van der Waals surface area (Å²) in [6, 6.07) is 0. The highest BCUT2D eigenvalue weighted by molar-refractivity contribution is 5.11. The molecular formula is C7H13N3. The molecule has 0 aliphatic rings. The van der Waals surface area contributed by atoms with Gasteiger partial charge in [-0.25, -0.2) is 4.98 Å². The Morgan fingerprint density at radius 3 is 2.80 bits per heavy atom. The van der Waals surface area contributed by atoms with Crippen molar-refractivity contribution in [3.63, 3.8) is 0 Å². The zero-order valence-electron chi connectivity index (χ0n) is 6.46. The smallest absolute Gasteiger partial charge is 0.0949 e. The fraction of sp³-hybridized carbons (Fsp3) is 0.571. The van der Waals surface area contributed by atoms with Gasteiger partial charge in [-0.2, -0.15) is 0 Å². The Morgan fingerprint density at radius 1 is 1.70 bits per heavy atom. The molecule has 3 nitrogen and oxygen atoms in total. The van der Waals surface area contributed by atoms with Gasteiger partial charge in [0.05, 0.1) is 12.0 Å². The van der Waals surface area contributed by atoms with Crippen LogP contribution in [0.25, 0.3) is 0 Å². The fourth-order valence-electron chi connectivity index (χ4n) is 1.13. The molecule has 0 bridgehead atoms. The average Bonchev–Trinajstić information content (AvgIpc) is 2.30. The van der Waals surface area contributed by atoms with Crippen LogP contribution in [0.5, 0.6) is 0 Å². The molecule has 0 saturated heterocycles. The molecule has 0 aliphatic heterocycles. The molecule has 0 radical (unpaired) electrons. The second kappa shape index (κ2) is 2.84. The third kappa shape index (κ3) is 1.04. The number of hydrogen-bond acceptors (Lipinski definition) is 2. The maximum atomic E-state index is 5.46. The molecule has 10 heavy (non-hydrogen) atoms. The van der Waals surface area contributed by atoms with Crippen molar-refractivity contribution in [1.82, 2.24) is 9.55 Å². The molecule has 3 heteroatoms. The molecule has 0 aromatic carbocycles. The molecule has 0 saturated carbocycles. The molecule has 0 fully saturated rings. The van der Waals surface area contributed by atoms with Crippen LogP contribution >= 0.6 is 0 Å². The van der Waals surface area contributed by atoms with Crippen LogP contribution in [0.4, 0.5) is 0 Å². The van der Waals surface area contributed by atoms with Crippen LogP contribution < -0.4 is 5.73 Å². The molecule has 0 aliphatic carbocycles. The molecule has 1 heterocycles. The Morgan fingerprint density at radius 2 is 2.40 bits per heavy atom. The Balaban J connectivity index is 3.01. The normalized spacial score (nSPS) is 10.3. The maximum Gasteiger partial charge on any atom is 0.0949 e. The third-order valence-electron chi connectivity index (χ3n) is 1.67. The summed E-state index contributed by atoms with van der Waals surface area (Å²) in [4.78, 5) is 4.14. The van der Waals surface area contributed by atoms with Crippen molar-refractivity contribution < 1.29 is 0 Å². The third-order valence-corrected chi connectivity index (χ3v) is 1.67. The Bertz CT molecular complexity index is 215. The van der Waals surface area contributed by atoms with E-state index in [1.807, 2.05) is 11.6 Å². The molecule has 0 spiro atoms. The van der Waals surface area contributed by atoms with Crippen LogP contribution in [0.15, 0.2) is 6.33 Å².